The van der Waals surface area contributed by atoms with E-state index >= 15 is 0 Å². The second-order valence-electron chi connectivity index (χ2n) is 6.11. The van der Waals surface area contributed by atoms with Gasteiger partial charge in [0.25, 0.3) is 5.91 Å². The van der Waals surface area contributed by atoms with Gasteiger partial charge in [0, 0.05) is 12.3 Å². The molecule has 0 spiro atoms. The van der Waals surface area contributed by atoms with Crippen molar-refractivity contribution in [2.24, 2.45) is 0 Å². The molecule has 5 nitrogen and oxygen atoms in total. The first-order valence-electron chi connectivity index (χ1n) is 6.80. The van der Waals surface area contributed by atoms with Gasteiger partial charge in [-0.15, -0.1) is 13.2 Å². The standard InChI is InChI=1S/C14H22BrN2O3P/c1-9-16-11(18)5-7-17(9)14-12(15)13(19)10(20-14)6-8-21(2,3)4/h5,7,10,12-14,19H,1-2,6,8H2,3-4H3,(H,16,18)/t10?,12-,13-,14-/m1/s1. The van der Waals surface area contributed by atoms with Gasteiger partial charge in [0.05, 0.1) is 17.0 Å². The molecule has 2 N–H and O–H groups in total. The van der Waals surface area contributed by atoms with Crippen molar-refractivity contribution in [2.45, 2.75) is 29.7 Å². The smallest absolute Gasteiger partial charge is 0.250 e. The molecule has 1 fully saturated rings. The molecular weight excluding hydrogens is 355 g/mol. The van der Waals surface area contributed by atoms with Crippen LogP contribution in [0.15, 0.2) is 24.7 Å². The van der Waals surface area contributed by atoms with Gasteiger partial charge in [-0.3, -0.25) is 4.79 Å². The quantitative estimate of drug-likeness (QED) is 0.574. The van der Waals surface area contributed by atoms with E-state index in [9.17, 15) is 9.90 Å². The van der Waals surface area contributed by atoms with E-state index in [1.54, 1.807) is 11.1 Å². The van der Waals surface area contributed by atoms with Crippen LogP contribution in [-0.4, -0.2) is 65.0 Å². The van der Waals surface area contributed by atoms with Gasteiger partial charge in [-0.05, 0) is 25.9 Å². The van der Waals surface area contributed by atoms with Crippen LogP contribution in [0, 0.1) is 0 Å². The lowest BCUT2D eigenvalue weighted by Crippen LogP contribution is -2.44. The summed E-state index contributed by atoms with van der Waals surface area (Å²) in [7, 11) is 0. The normalized spacial score (nSPS) is 33.4. The fourth-order valence-corrected chi connectivity index (χ4v) is 4.04. The summed E-state index contributed by atoms with van der Waals surface area (Å²) in [6.07, 6.45) is 7.76. The van der Waals surface area contributed by atoms with Crippen LogP contribution < -0.4 is 5.32 Å². The number of nitrogens with one attached hydrogen (secondary N) is 1. The van der Waals surface area contributed by atoms with Crippen LogP contribution in [0.2, 0.25) is 0 Å². The molecule has 2 aliphatic rings. The molecule has 2 heterocycles. The number of aliphatic hydroxyl groups is 1. The summed E-state index contributed by atoms with van der Waals surface area (Å²) < 4.78 is 5.98. The maximum Gasteiger partial charge on any atom is 0.250 e. The summed E-state index contributed by atoms with van der Waals surface area (Å²) in [5.41, 5.74) is 0. The maximum atomic E-state index is 11.3. The number of hydrogen-bond donors (Lipinski definition) is 2. The molecule has 1 amide bonds. The van der Waals surface area contributed by atoms with E-state index in [4.69, 9.17) is 4.74 Å². The van der Waals surface area contributed by atoms with Crippen LogP contribution in [0.5, 0.6) is 0 Å². The molecule has 0 radical (unpaired) electrons. The summed E-state index contributed by atoms with van der Waals surface area (Å²) in [6.45, 7) is 7.01. The summed E-state index contributed by atoms with van der Waals surface area (Å²) in [4.78, 5) is 12.8. The predicted octanol–water partition coefficient (Wildman–Crippen LogP) is 1.35. The number of hydrogen-bond acceptors (Lipinski definition) is 4. The van der Waals surface area contributed by atoms with Crippen molar-refractivity contribution in [3.05, 3.63) is 24.7 Å². The topological polar surface area (TPSA) is 61.8 Å². The number of aliphatic hydroxyl groups excluding tert-OH is 1. The number of amides is 1. The Morgan fingerprint density at radius 3 is 2.81 bits per heavy atom. The number of alkyl halides is 1. The molecule has 7 heteroatoms. The molecule has 0 aromatic rings. The summed E-state index contributed by atoms with van der Waals surface area (Å²) in [5, 5.41) is 13.0. The Hall–Kier alpha value is -0.550. The van der Waals surface area contributed by atoms with Crippen LogP contribution in [0.25, 0.3) is 0 Å². The van der Waals surface area contributed by atoms with Gasteiger partial charge in [0.2, 0.25) is 0 Å². The van der Waals surface area contributed by atoms with Gasteiger partial charge in [0.1, 0.15) is 5.82 Å². The monoisotopic (exact) mass is 376 g/mol. The lowest BCUT2D eigenvalue weighted by Gasteiger charge is -2.32. The van der Waals surface area contributed by atoms with Crippen LogP contribution in [-0.2, 0) is 9.53 Å². The van der Waals surface area contributed by atoms with Crippen molar-refractivity contribution >= 4 is 35.0 Å². The van der Waals surface area contributed by atoms with E-state index in [1.165, 1.54) is 6.08 Å². The molecule has 21 heavy (non-hydrogen) atoms. The van der Waals surface area contributed by atoms with Crippen molar-refractivity contribution in [3.63, 3.8) is 0 Å². The van der Waals surface area contributed by atoms with Gasteiger partial charge in [-0.25, -0.2) is 0 Å². The highest BCUT2D eigenvalue weighted by Crippen LogP contribution is 2.39. The molecule has 0 aromatic heterocycles. The number of ether oxygens (including phenoxy) is 1. The van der Waals surface area contributed by atoms with E-state index in [1.807, 2.05) is 0 Å². The van der Waals surface area contributed by atoms with Gasteiger partial charge in [-0.1, -0.05) is 22.5 Å². The average molecular weight is 377 g/mol. The lowest BCUT2D eigenvalue weighted by molar-refractivity contribution is -0.117. The molecule has 0 saturated carbocycles. The first-order valence-corrected chi connectivity index (χ1v) is 10.8. The maximum absolute atomic E-state index is 11.3. The Labute approximate surface area is 134 Å². The molecule has 0 bridgehead atoms. The Bertz CT molecular complexity index is 516. The van der Waals surface area contributed by atoms with Crippen LogP contribution >= 0.6 is 22.8 Å². The molecule has 1 unspecified atom stereocenters. The Morgan fingerprint density at radius 1 is 1.57 bits per heavy atom. The minimum atomic E-state index is -1.15. The third-order valence-electron chi connectivity index (χ3n) is 3.55. The third kappa shape index (κ3) is 4.01. The minimum Gasteiger partial charge on any atom is -0.389 e. The third-order valence-corrected chi connectivity index (χ3v) is 6.02. The van der Waals surface area contributed by atoms with Crippen LogP contribution in [0.4, 0.5) is 0 Å². The first-order chi connectivity index (χ1) is 9.69. The molecule has 1 saturated heterocycles. The fourth-order valence-electron chi connectivity index (χ4n) is 2.37. The van der Waals surface area contributed by atoms with Gasteiger partial charge >= 0.3 is 0 Å². The Morgan fingerprint density at radius 2 is 2.24 bits per heavy atom. The van der Waals surface area contributed by atoms with Crippen molar-refractivity contribution in [1.82, 2.24) is 10.2 Å². The first kappa shape index (κ1) is 16.8. The zero-order valence-electron chi connectivity index (χ0n) is 12.3. The van der Waals surface area contributed by atoms with Crippen LogP contribution in [0.1, 0.15) is 6.42 Å². The Balaban J connectivity index is 2.06. The largest absolute Gasteiger partial charge is 0.389 e. The van der Waals surface area contributed by atoms with E-state index < -0.39 is 13.0 Å². The van der Waals surface area contributed by atoms with Crippen molar-refractivity contribution in [1.29, 1.82) is 0 Å². The van der Waals surface area contributed by atoms with E-state index in [0.717, 1.165) is 12.6 Å². The zero-order chi connectivity index (χ0) is 15.8. The molecule has 2 rings (SSSR count). The SMILES string of the molecule is C=C1NC(=O)C=CN1[C@@H]1OC(CCP(=C)(C)C)[C@@H](O)[C@H]1Br. The summed E-state index contributed by atoms with van der Waals surface area (Å²) in [6, 6.07) is 0. The van der Waals surface area contributed by atoms with E-state index in [2.05, 4.69) is 47.5 Å². The number of carbonyl (C=O) groups is 1. The summed E-state index contributed by atoms with van der Waals surface area (Å²) in [5.74, 6) is 0.246. The van der Waals surface area contributed by atoms with Gasteiger partial charge in [0.15, 0.2) is 6.23 Å². The predicted molar refractivity (Wildman–Crippen MR) is 91.0 cm³/mol. The molecule has 0 aliphatic carbocycles. The van der Waals surface area contributed by atoms with E-state index in [-0.39, 0.29) is 23.1 Å². The molecule has 2 aliphatic heterocycles. The van der Waals surface area contributed by atoms with Crippen molar-refractivity contribution < 1.29 is 14.6 Å². The van der Waals surface area contributed by atoms with Crippen molar-refractivity contribution in [3.8, 4) is 0 Å². The molecule has 0 aromatic carbocycles. The second kappa shape index (κ2) is 6.29. The van der Waals surface area contributed by atoms with Gasteiger partial charge < -0.3 is 20.1 Å². The number of rotatable bonds is 4. The second-order valence-corrected chi connectivity index (χ2v) is 11.5. The van der Waals surface area contributed by atoms with E-state index in [0.29, 0.717) is 5.82 Å². The zero-order valence-corrected chi connectivity index (χ0v) is 14.8. The Kier molecular flexibility index (Phi) is 5.03. The molecular formula is C14H22BrN2O3P. The fraction of sp³-hybridized carbons (Fsp3) is 0.571. The lowest BCUT2D eigenvalue weighted by atomic mass is 10.1. The van der Waals surface area contributed by atoms with Crippen molar-refractivity contribution in [2.75, 3.05) is 19.5 Å². The molecule has 118 valence electrons. The highest BCUT2D eigenvalue weighted by molar-refractivity contribution is 9.09. The highest BCUT2D eigenvalue weighted by Gasteiger charge is 2.45. The average Bonchev–Trinajstić information content (AvgIpc) is 2.64. The van der Waals surface area contributed by atoms with Gasteiger partial charge in [-0.2, -0.15) is 0 Å². The number of nitrogens with zero attached hydrogens (tertiary/aromatic N) is 1. The number of halogens is 1. The van der Waals surface area contributed by atoms with Crippen LogP contribution in [0.3, 0.4) is 0 Å². The molecule has 4 atom stereocenters. The minimum absolute atomic E-state index is 0.207. The number of carbonyl (C=O) groups excluding carboxylic acids is 1. The summed E-state index contributed by atoms with van der Waals surface area (Å²) >= 11 is 3.50. The highest BCUT2D eigenvalue weighted by atomic mass is 79.9.